The first kappa shape index (κ1) is 9.77. The molecule has 1 atom stereocenters. The second-order valence-electron chi connectivity index (χ2n) is 3.91. The molecular formula is C10H13NO2S. The van der Waals surface area contributed by atoms with E-state index >= 15 is 0 Å². The number of carbonyl (C=O) groups excluding carboxylic acids is 1. The first-order valence-corrected chi connectivity index (χ1v) is 5.89. The standard InChI is InChI=1S/C10H13NO2S/c1-10(3-2-4-14-7-10)9-11-8(5-12)6-13-9/h5-6H,2-4,7H2,1H3. The van der Waals surface area contributed by atoms with E-state index in [0.717, 1.165) is 18.5 Å². The number of aromatic nitrogens is 1. The third-order valence-electron chi connectivity index (χ3n) is 2.60. The van der Waals surface area contributed by atoms with Crippen LogP contribution in [-0.2, 0) is 5.41 Å². The van der Waals surface area contributed by atoms with Crippen molar-refractivity contribution >= 4 is 18.0 Å². The summed E-state index contributed by atoms with van der Waals surface area (Å²) in [7, 11) is 0. The number of hydrogen-bond donors (Lipinski definition) is 0. The number of hydrogen-bond acceptors (Lipinski definition) is 4. The molecule has 1 aliphatic heterocycles. The molecule has 14 heavy (non-hydrogen) atoms. The van der Waals surface area contributed by atoms with E-state index in [1.807, 2.05) is 11.8 Å². The molecule has 2 heterocycles. The lowest BCUT2D eigenvalue weighted by Crippen LogP contribution is -2.29. The lowest BCUT2D eigenvalue weighted by atomic mass is 9.87. The van der Waals surface area contributed by atoms with E-state index in [9.17, 15) is 4.79 Å². The van der Waals surface area contributed by atoms with Crippen LogP contribution in [0.15, 0.2) is 10.7 Å². The highest BCUT2D eigenvalue weighted by Gasteiger charge is 2.33. The number of rotatable bonds is 2. The van der Waals surface area contributed by atoms with Gasteiger partial charge in [-0.05, 0) is 18.6 Å². The molecule has 3 nitrogen and oxygen atoms in total. The second kappa shape index (κ2) is 3.77. The van der Waals surface area contributed by atoms with Crippen molar-refractivity contribution in [1.29, 1.82) is 0 Å². The molecule has 0 saturated carbocycles. The fourth-order valence-electron chi connectivity index (χ4n) is 1.72. The topological polar surface area (TPSA) is 43.1 Å². The maximum Gasteiger partial charge on any atom is 0.201 e. The van der Waals surface area contributed by atoms with E-state index in [-0.39, 0.29) is 5.41 Å². The van der Waals surface area contributed by atoms with Crippen LogP contribution in [0.4, 0.5) is 0 Å². The SMILES string of the molecule is CC1(c2nc(C=O)co2)CCCSC1. The molecule has 0 aliphatic carbocycles. The first-order valence-electron chi connectivity index (χ1n) is 4.73. The van der Waals surface area contributed by atoms with Crippen molar-refractivity contribution in [3.05, 3.63) is 17.8 Å². The molecule has 0 spiro atoms. The number of thioether (sulfide) groups is 1. The molecule has 0 amide bonds. The summed E-state index contributed by atoms with van der Waals surface area (Å²) >= 11 is 1.93. The average molecular weight is 211 g/mol. The highest BCUT2D eigenvalue weighted by molar-refractivity contribution is 7.99. The molecule has 1 unspecified atom stereocenters. The Labute approximate surface area is 87.3 Å². The molecule has 4 heteroatoms. The van der Waals surface area contributed by atoms with Crippen molar-refractivity contribution in [2.24, 2.45) is 0 Å². The quantitative estimate of drug-likeness (QED) is 0.704. The zero-order valence-electron chi connectivity index (χ0n) is 8.16. The van der Waals surface area contributed by atoms with Gasteiger partial charge < -0.3 is 4.42 Å². The maximum atomic E-state index is 10.5. The summed E-state index contributed by atoms with van der Waals surface area (Å²) in [6.45, 7) is 2.15. The van der Waals surface area contributed by atoms with E-state index in [4.69, 9.17) is 4.42 Å². The Hall–Kier alpha value is -0.770. The van der Waals surface area contributed by atoms with Crippen molar-refractivity contribution in [3.63, 3.8) is 0 Å². The van der Waals surface area contributed by atoms with Gasteiger partial charge in [0.1, 0.15) is 12.0 Å². The number of carbonyl (C=O) groups is 1. The molecule has 1 fully saturated rings. The van der Waals surface area contributed by atoms with Crippen LogP contribution in [-0.4, -0.2) is 22.8 Å². The van der Waals surface area contributed by atoms with E-state index in [1.54, 1.807) is 0 Å². The summed E-state index contributed by atoms with van der Waals surface area (Å²) in [5.41, 5.74) is 0.418. The fraction of sp³-hybridized carbons (Fsp3) is 0.600. The summed E-state index contributed by atoms with van der Waals surface area (Å²) in [5.74, 6) is 2.97. The predicted molar refractivity (Wildman–Crippen MR) is 55.8 cm³/mol. The number of nitrogens with zero attached hydrogens (tertiary/aromatic N) is 1. The van der Waals surface area contributed by atoms with Crippen LogP contribution in [0.1, 0.15) is 36.1 Å². The molecule has 1 aromatic heterocycles. The Morgan fingerprint density at radius 3 is 3.14 bits per heavy atom. The van der Waals surface area contributed by atoms with Crippen LogP contribution in [0.3, 0.4) is 0 Å². The van der Waals surface area contributed by atoms with Gasteiger partial charge in [0.2, 0.25) is 5.89 Å². The van der Waals surface area contributed by atoms with Gasteiger partial charge in [-0.1, -0.05) is 6.92 Å². The van der Waals surface area contributed by atoms with Crippen molar-refractivity contribution in [2.75, 3.05) is 11.5 Å². The Morgan fingerprint density at radius 2 is 2.57 bits per heavy atom. The minimum Gasteiger partial charge on any atom is -0.448 e. The van der Waals surface area contributed by atoms with Crippen molar-refractivity contribution in [2.45, 2.75) is 25.2 Å². The van der Waals surface area contributed by atoms with Crippen LogP contribution in [0.5, 0.6) is 0 Å². The second-order valence-corrected chi connectivity index (χ2v) is 5.02. The third-order valence-corrected chi connectivity index (χ3v) is 4.02. The Bertz CT molecular complexity index is 329. The molecule has 0 radical (unpaired) electrons. The molecule has 0 bridgehead atoms. The highest BCUT2D eigenvalue weighted by Crippen LogP contribution is 2.36. The number of oxazole rings is 1. The largest absolute Gasteiger partial charge is 0.448 e. The molecule has 1 saturated heterocycles. The van der Waals surface area contributed by atoms with Crippen LogP contribution >= 0.6 is 11.8 Å². The molecule has 76 valence electrons. The van der Waals surface area contributed by atoms with E-state index in [2.05, 4.69) is 11.9 Å². The van der Waals surface area contributed by atoms with Gasteiger partial charge in [0.05, 0.1) is 5.41 Å². The van der Waals surface area contributed by atoms with Crippen LogP contribution in [0.25, 0.3) is 0 Å². The lowest BCUT2D eigenvalue weighted by Gasteiger charge is -2.29. The van der Waals surface area contributed by atoms with Gasteiger partial charge in [-0.15, -0.1) is 0 Å². The highest BCUT2D eigenvalue weighted by atomic mass is 32.2. The van der Waals surface area contributed by atoms with E-state index < -0.39 is 0 Å². The van der Waals surface area contributed by atoms with Gasteiger partial charge in [0.25, 0.3) is 0 Å². The van der Waals surface area contributed by atoms with Gasteiger partial charge in [0.15, 0.2) is 6.29 Å². The van der Waals surface area contributed by atoms with Crippen LogP contribution < -0.4 is 0 Å². The van der Waals surface area contributed by atoms with Crippen molar-refractivity contribution in [3.8, 4) is 0 Å². The van der Waals surface area contributed by atoms with Crippen molar-refractivity contribution < 1.29 is 9.21 Å². The maximum absolute atomic E-state index is 10.5. The summed E-state index contributed by atoms with van der Waals surface area (Å²) < 4.78 is 5.34. The molecule has 0 N–H and O–H groups in total. The third kappa shape index (κ3) is 1.71. The molecule has 0 aromatic carbocycles. The summed E-state index contributed by atoms with van der Waals surface area (Å²) in [4.78, 5) is 14.7. The Balaban J connectivity index is 2.23. The molecule has 1 aromatic rings. The molecule has 1 aliphatic rings. The van der Waals surface area contributed by atoms with Gasteiger partial charge >= 0.3 is 0 Å². The first-order chi connectivity index (χ1) is 6.74. The molecular weight excluding hydrogens is 198 g/mol. The molecule has 2 rings (SSSR count). The minimum atomic E-state index is 0.0180. The van der Waals surface area contributed by atoms with Gasteiger partial charge in [-0.2, -0.15) is 11.8 Å². The van der Waals surface area contributed by atoms with Crippen LogP contribution in [0.2, 0.25) is 0 Å². The summed E-state index contributed by atoms with van der Waals surface area (Å²) in [6.07, 6.45) is 4.46. The van der Waals surface area contributed by atoms with Crippen molar-refractivity contribution in [1.82, 2.24) is 4.98 Å². The smallest absolute Gasteiger partial charge is 0.201 e. The zero-order valence-corrected chi connectivity index (χ0v) is 8.97. The lowest BCUT2D eigenvalue weighted by molar-refractivity contribution is 0.111. The predicted octanol–water partition coefficient (Wildman–Crippen LogP) is 2.27. The van der Waals surface area contributed by atoms with Gasteiger partial charge in [-0.25, -0.2) is 4.98 Å². The Morgan fingerprint density at radius 1 is 1.71 bits per heavy atom. The monoisotopic (exact) mass is 211 g/mol. The average Bonchev–Trinajstić information content (AvgIpc) is 2.67. The summed E-state index contributed by atoms with van der Waals surface area (Å²) in [5, 5.41) is 0. The minimum absolute atomic E-state index is 0.0180. The number of aldehydes is 1. The van der Waals surface area contributed by atoms with Gasteiger partial charge in [-0.3, -0.25) is 4.79 Å². The van der Waals surface area contributed by atoms with E-state index in [1.165, 1.54) is 18.4 Å². The van der Waals surface area contributed by atoms with Gasteiger partial charge in [0, 0.05) is 5.75 Å². The zero-order chi connectivity index (χ0) is 10.0. The van der Waals surface area contributed by atoms with Crippen LogP contribution in [0, 0.1) is 0 Å². The summed E-state index contributed by atoms with van der Waals surface area (Å²) in [6, 6.07) is 0. The fourth-order valence-corrected chi connectivity index (χ4v) is 2.93. The normalized spacial score (nSPS) is 27.5. The van der Waals surface area contributed by atoms with E-state index in [0.29, 0.717) is 11.6 Å². The Kier molecular flexibility index (Phi) is 2.63.